The van der Waals surface area contributed by atoms with Crippen molar-refractivity contribution in [2.75, 3.05) is 9.80 Å². The molecule has 0 saturated heterocycles. The van der Waals surface area contributed by atoms with Crippen molar-refractivity contribution in [2.24, 2.45) is 0 Å². The van der Waals surface area contributed by atoms with Gasteiger partial charge in [-0.05, 0) is 93.5 Å². The van der Waals surface area contributed by atoms with Crippen molar-refractivity contribution in [3.05, 3.63) is 200 Å². The minimum Gasteiger partial charge on any atom is -0.312 e. The van der Waals surface area contributed by atoms with Gasteiger partial charge in [0.15, 0.2) is 0 Å². The summed E-state index contributed by atoms with van der Waals surface area (Å²) in [6, 6.07) is 72.3. The smallest absolute Gasteiger partial charge is 0.248 e. The van der Waals surface area contributed by atoms with Crippen LogP contribution in [0.25, 0.3) is 21.9 Å². The molecule has 0 fully saturated rings. The van der Waals surface area contributed by atoms with Crippen LogP contribution in [0.4, 0.5) is 34.1 Å². The number of hydrogen-bond donors (Lipinski definition) is 0. The lowest BCUT2D eigenvalue weighted by Crippen LogP contribution is -2.58. The standard InChI is InChI=1S/C46H33BN2/c1-4-16-34(17-5-1)41-33-28-35-18-10-11-23-40(35)46(41)47-42-24-12-14-26-44(42)49(45-27-15-13-25-43(45)47)39-31-29-38(30-32-39)48(36-19-6-2-7-20-36)37-21-8-3-9-22-37/h1-33H. The molecule has 49 heavy (non-hydrogen) atoms. The molecule has 8 aromatic rings. The third-order valence-electron chi connectivity index (χ3n) is 9.72. The first-order chi connectivity index (χ1) is 24.3. The predicted octanol–water partition coefficient (Wildman–Crippen LogP) is 10.3. The number of nitrogens with zero attached hydrogens (tertiary/aromatic N) is 2. The lowest BCUT2D eigenvalue weighted by Gasteiger charge is -2.38. The SMILES string of the molecule is c1ccc(-c2ccc3ccccc3c2B2c3ccccc3N(c3ccc(N(c4ccccc4)c4ccccc4)cc3)c3ccccc32)cc1. The lowest BCUT2D eigenvalue weighted by atomic mass is 9.33. The van der Waals surface area contributed by atoms with E-state index in [1.54, 1.807) is 0 Å². The maximum absolute atomic E-state index is 2.44. The second-order valence-corrected chi connectivity index (χ2v) is 12.5. The van der Waals surface area contributed by atoms with Gasteiger partial charge in [-0.25, -0.2) is 0 Å². The molecule has 0 spiro atoms. The molecule has 1 heterocycles. The maximum Gasteiger partial charge on any atom is 0.248 e. The zero-order chi connectivity index (χ0) is 32.6. The van der Waals surface area contributed by atoms with E-state index >= 15 is 0 Å². The van der Waals surface area contributed by atoms with E-state index in [1.165, 1.54) is 49.7 Å². The van der Waals surface area contributed by atoms with Gasteiger partial charge in [0.1, 0.15) is 0 Å². The second-order valence-electron chi connectivity index (χ2n) is 12.5. The van der Waals surface area contributed by atoms with Crippen LogP contribution < -0.4 is 26.2 Å². The van der Waals surface area contributed by atoms with Crippen LogP contribution in [-0.4, -0.2) is 6.71 Å². The van der Waals surface area contributed by atoms with Gasteiger partial charge in [-0.15, -0.1) is 0 Å². The van der Waals surface area contributed by atoms with Crippen molar-refractivity contribution in [3.8, 4) is 11.1 Å². The molecule has 0 aromatic heterocycles. The van der Waals surface area contributed by atoms with Gasteiger partial charge in [0.2, 0.25) is 6.71 Å². The molecule has 0 N–H and O–H groups in total. The van der Waals surface area contributed by atoms with Crippen molar-refractivity contribution < 1.29 is 0 Å². The molecule has 3 heteroatoms. The zero-order valence-corrected chi connectivity index (χ0v) is 27.0. The highest BCUT2D eigenvalue weighted by Gasteiger charge is 2.37. The van der Waals surface area contributed by atoms with E-state index in [0.717, 1.165) is 22.7 Å². The van der Waals surface area contributed by atoms with Gasteiger partial charge < -0.3 is 9.80 Å². The first kappa shape index (κ1) is 28.9. The minimum absolute atomic E-state index is 0.0517. The number of benzene rings is 8. The summed E-state index contributed by atoms with van der Waals surface area (Å²) in [5.74, 6) is 0. The maximum atomic E-state index is 2.44. The Morgan fingerprint density at radius 3 is 1.49 bits per heavy atom. The molecular formula is C46H33BN2. The summed E-state index contributed by atoms with van der Waals surface area (Å²) in [6.45, 7) is 0.0517. The predicted molar refractivity (Wildman–Crippen MR) is 210 cm³/mol. The Kier molecular flexibility index (Phi) is 7.29. The number of fused-ring (bicyclic) bond motifs is 3. The van der Waals surface area contributed by atoms with Crippen LogP contribution in [0, 0.1) is 0 Å². The van der Waals surface area contributed by atoms with Gasteiger partial charge >= 0.3 is 0 Å². The fourth-order valence-corrected chi connectivity index (χ4v) is 7.59. The number of para-hydroxylation sites is 4. The summed E-state index contributed by atoms with van der Waals surface area (Å²) in [5.41, 5.74) is 13.4. The van der Waals surface area contributed by atoms with Crippen LogP contribution in [-0.2, 0) is 0 Å². The van der Waals surface area contributed by atoms with E-state index in [-0.39, 0.29) is 6.71 Å². The van der Waals surface area contributed by atoms with Crippen LogP contribution in [0.2, 0.25) is 0 Å². The van der Waals surface area contributed by atoms with Gasteiger partial charge in [0, 0.05) is 34.1 Å². The normalized spacial score (nSPS) is 12.0. The molecule has 8 aromatic carbocycles. The largest absolute Gasteiger partial charge is 0.312 e. The van der Waals surface area contributed by atoms with Gasteiger partial charge in [0.25, 0.3) is 0 Å². The molecule has 0 aliphatic carbocycles. The quantitative estimate of drug-likeness (QED) is 0.170. The third-order valence-corrected chi connectivity index (χ3v) is 9.72. The molecule has 9 rings (SSSR count). The Hall–Kier alpha value is -6.32. The Labute approximate surface area is 288 Å². The average Bonchev–Trinajstić information content (AvgIpc) is 3.18. The molecule has 0 saturated carbocycles. The lowest BCUT2D eigenvalue weighted by molar-refractivity contribution is 1.26. The average molecular weight is 625 g/mol. The number of rotatable bonds is 6. The van der Waals surface area contributed by atoms with Gasteiger partial charge in [-0.2, -0.15) is 0 Å². The van der Waals surface area contributed by atoms with Crippen molar-refractivity contribution in [1.82, 2.24) is 0 Å². The molecule has 2 nitrogen and oxygen atoms in total. The van der Waals surface area contributed by atoms with Crippen LogP contribution in [0.15, 0.2) is 200 Å². The first-order valence-corrected chi connectivity index (χ1v) is 16.9. The Morgan fingerprint density at radius 2 is 0.878 bits per heavy atom. The second kappa shape index (κ2) is 12.4. The Morgan fingerprint density at radius 1 is 0.388 bits per heavy atom. The van der Waals surface area contributed by atoms with E-state index in [1.807, 2.05) is 0 Å². The number of anilines is 6. The van der Waals surface area contributed by atoms with E-state index in [4.69, 9.17) is 0 Å². The summed E-state index contributed by atoms with van der Waals surface area (Å²) in [7, 11) is 0. The summed E-state index contributed by atoms with van der Waals surface area (Å²) >= 11 is 0. The molecule has 1 aliphatic heterocycles. The molecule has 230 valence electrons. The molecule has 0 bridgehead atoms. The highest BCUT2D eigenvalue weighted by molar-refractivity contribution is 7.00. The zero-order valence-electron chi connectivity index (χ0n) is 27.0. The van der Waals surface area contributed by atoms with Crippen molar-refractivity contribution in [1.29, 1.82) is 0 Å². The topological polar surface area (TPSA) is 6.48 Å². The van der Waals surface area contributed by atoms with E-state index in [0.29, 0.717) is 0 Å². The highest BCUT2D eigenvalue weighted by Crippen LogP contribution is 2.40. The fourth-order valence-electron chi connectivity index (χ4n) is 7.59. The van der Waals surface area contributed by atoms with Crippen molar-refractivity contribution in [3.63, 3.8) is 0 Å². The van der Waals surface area contributed by atoms with E-state index in [2.05, 4.69) is 210 Å². The van der Waals surface area contributed by atoms with Crippen LogP contribution >= 0.6 is 0 Å². The van der Waals surface area contributed by atoms with Crippen LogP contribution in [0.3, 0.4) is 0 Å². The summed E-state index contributed by atoms with van der Waals surface area (Å²) in [4.78, 5) is 4.75. The minimum atomic E-state index is 0.0517. The fraction of sp³-hybridized carbons (Fsp3) is 0. The van der Waals surface area contributed by atoms with Gasteiger partial charge in [-0.3, -0.25) is 0 Å². The molecule has 0 unspecified atom stereocenters. The van der Waals surface area contributed by atoms with Crippen molar-refractivity contribution in [2.45, 2.75) is 0 Å². The molecule has 1 aliphatic rings. The Bertz CT molecular complexity index is 2300. The van der Waals surface area contributed by atoms with E-state index in [9.17, 15) is 0 Å². The van der Waals surface area contributed by atoms with Crippen LogP contribution in [0.1, 0.15) is 0 Å². The third kappa shape index (κ3) is 5.08. The molecule has 0 radical (unpaired) electrons. The summed E-state index contributed by atoms with van der Waals surface area (Å²) in [5, 5.41) is 2.55. The van der Waals surface area contributed by atoms with Crippen molar-refractivity contribution >= 4 is 68.0 Å². The van der Waals surface area contributed by atoms with Crippen LogP contribution in [0.5, 0.6) is 0 Å². The summed E-state index contributed by atoms with van der Waals surface area (Å²) in [6.07, 6.45) is 0. The molecular weight excluding hydrogens is 591 g/mol. The summed E-state index contributed by atoms with van der Waals surface area (Å²) < 4.78 is 0. The molecule has 0 atom stereocenters. The highest BCUT2D eigenvalue weighted by atomic mass is 15.2. The molecule has 0 amide bonds. The van der Waals surface area contributed by atoms with Gasteiger partial charge in [-0.1, -0.05) is 145 Å². The van der Waals surface area contributed by atoms with E-state index < -0.39 is 0 Å². The Balaban J connectivity index is 1.21. The monoisotopic (exact) mass is 624 g/mol. The number of hydrogen-bond acceptors (Lipinski definition) is 2. The first-order valence-electron chi connectivity index (χ1n) is 16.9. The van der Waals surface area contributed by atoms with Gasteiger partial charge in [0.05, 0.1) is 0 Å².